The van der Waals surface area contributed by atoms with Crippen molar-refractivity contribution in [3.8, 4) is 0 Å². The third kappa shape index (κ3) is 5.62. The Morgan fingerprint density at radius 1 is 1.33 bits per heavy atom. The summed E-state index contributed by atoms with van der Waals surface area (Å²) >= 11 is 0. The molecule has 0 atom stereocenters. The normalized spacial score (nSPS) is 11.3. The van der Waals surface area contributed by atoms with Gasteiger partial charge in [-0.1, -0.05) is 13.8 Å². The number of nitrogens with two attached hydrogens (primary N) is 1. The van der Waals surface area contributed by atoms with E-state index in [4.69, 9.17) is 5.73 Å². The summed E-state index contributed by atoms with van der Waals surface area (Å²) < 4.78 is 0. The van der Waals surface area contributed by atoms with Crippen molar-refractivity contribution >= 4 is 6.03 Å². The predicted octanol–water partition coefficient (Wildman–Crippen LogP) is 1.41. The van der Waals surface area contributed by atoms with E-state index < -0.39 is 0 Å². The van der Waals surface area contributed by atoms with Crippen molar-refractivity contribution in [3.05, 3.63) is 0 Å². The highest BCUT2D eigenvalue weighted by Gasteiger charge is 2.18. The Bertz CT molecular complexity index is 188. The molecule has 0 aromatic rings. The molecule has 0 rings (SSSR count). The number of urea groups is 1. The number of nitrogens with zero attached hydrogens (tertiary/aromatic N) is 1. The Labute approximate surface area is 93.2 Å². The molecule has 4 nitrogen and oxygen atoms in total. The second-order valence-electron chi connectivity index (χ2n) is 4.53. The molecule has 0 spiro atoms. The zero-order valence-corrected chi connectivity index (χ0v) is 10.5. The highest BCUT2D eigenvalue weighted by molar-refractivity contribution is 5.74. The lowest BCUT2D eigenvalue weighted by Crippen LogP contribution is -2.43. The summed E-state index contributed by atoms with van der Waals surface area (Å²) in [6, 6.07) is 0.0186. The van der Waals surface area contributed by atoms with Crippen LogP contribution in [0.5, 0.6) is 0 Å². The molecular weight excluding hydrogens is 190 g/mol. The van der Waals surface area contributed by atoms with Crippen LogP contribution in [0.3, 0.4) is 0 Å². The van der Waals surface area contributed by atoms with Crippen molar-refractivity contribution in [2.75, 3.05) is 26.2 Å². The minimum absolute atomic E-state index is 0.0186. The first-order chi connectivity index (χ1) is 6.96. The third-order valence-electron chi connectivity index (χ3n) is 2.59. The van der Waals surface area contributed by atoms with Crippen molar-refractivity contribution in [3.63, 3.8) is 0 Å². The van der Waals surface area contributed by atoms with Crippen LogP contribution in [0, 0.1) is 5.41 Å². The standard InChI is InChI=1S/C11H25N3O/c1-5-14(6-2)10(15)13-9-11(3,4)7-8-12/h5-9,12H2,1-4H3,(H,13,15). The molecule has 0 aromatic carbocycles. The second kappa shape index (κ2) is 6.67. The van der Waals surface area contributed by atoms with Crippen LogP contribution in [0.25, 0.3) is 0 Å². The lowest BCUT2D eigenvalue weighted by Gasteiger charge is -2.26. The van der Waals surface area contributed by atoms with Crippen LogP contribution in [0.1, 0.15) is 34.1 Å². The molecule has 0 heterocycles. The van der Waals surface area contributed by atoms with Crippen LogP contribution in [-0.2, 0) is 0 Å². The van der Waals surface area contributed by atoms with E-state index in [-0.39, 0.29) is 11.4 Å². The van der Waals surface area contributed by atoms with E-state index in [1.54, 1.807) is 4.90 Å². The number of carbonyl (C=O) groups excluding carboxylic acids is 1. The maximum absolute atomic E-state index is 11.6. The van der Waals surface area contributed by atoms with Crippen LogP contribution in [0.2, 0.25) is 0 Å². The van der Waals surface area contributed by atoms with E-state index in [1.165, 1.54) is 0 Å². The molecule has 90 valence electrons. The van der Waals surface area contributed by atoms with Crippen LogP contribution < -0.4 is 11.1 Å². The molecule has 0 aliphatic heterocycles. The number of rotatable bonds is 6. The number of amides is 2. The molecule has 0 fully saturated rings. The summed E-state index contributed by atoms with van der Waals surface area (Å²) in [5.74, 6) is 0. The molecule has 0 aliphatic carbocycles. The molecular formula is C11H25N3O. The van der Waals surface area contributed by atoms with E-state index in [9.17, 15) is 4.79 Å². The first-order valence-electron chi connectivity index (χ1n) is 5.69. The maximum Gasteiger partial charge on any atom is 0.317 e. The smallest absolute Gasteiger partial charge is 0.317 e. The quantitative estimate of drug-likeness (QED) is 0.704. The fourth-order valence-electron chi connectivity index (χ4n) is 1.42. The van der Waals surface area contributed by atoms with Gasteiger partial charge in [-0.25, -0.2) is 4.79 Å². The molecule has 0 radical (unpaired) electrons. The Kier molecular flexibility index (Phi) is 6.32. The average molecular weight is 215 g/mol. The summed E-state index contributed by atoms with van der Waals surface area (Å²) in [4.78, 5) is 13.4. The molecule has 2 amide bonds. The van der Waals surface area contributed by atoms with Gasteiger partial charge in [0.25, 0.3) is 0 Å². The van der Waals surface area contributed by atoms with Crippen molar-refractivity contribution in [1.82, 2.24) is 10.2 Å². The van der Waals surface area contributed by atoms with Gasteiger partial charge >= 0.3 is 6.03 Å². The van der Waals surface area contributed by atoms with Gasteiger partial charge in [0, 0.05) is 19.6 Å². The minimum atomic E-state index is 0.0186. The van der Waals surface area contributed by atoms with E-state index in [0.717, 1.165) is 19.5 Å². The van der Waals surface area contributed by atoms with Gasteiger partial charge < -0.3 is 16.0 Å². The van der Waals surface area contributed by atoms with Crippen molar-refractivity contribution in [2.24, 2.45) is 11.1 Å². The lowest BCUT2D eigenvalue weighted by atomic mass is 9.89. The first-order valence-corrected chi connectivity index (χ1v) is 5.69. The van der Waals surface area contributed by atoms with E-state index >= 15 is 0 Å². The minimum Gasteiger partial charge on any atom is -0.337 e. The summed E-state index contributed by atoms with van der Waals surface area (Å²) in [6.07, 6.45) is 0.922. The van der Waals surface area contributed by atoms with Gasteiger partial charge in [-0.05, 0) is 32.2 Å². The van der Waals surface area contributed by atoms with Crippen LogP contribution in [-0.4, -0.2) is 37.1 Å². The van der Waals surface area contributed by atoms with Gasteiger partial charge in [-0.2, -0.15) is 0 Å². The van der Waals surface area contributed by atoms with Gasteiger partial charge in [0.2, 0.25) is 0 Å². The maximum atomic E-state index is 11.6. The van der Waals surface area contributed by atoms with Crippen molar-refractivity contribution in [1.29, 1.82) is 0 Å². The Morgan fingerprint density at radius 3 is 2.27 bits per heavy atom. The van der Waals surface area contributed by atoms with Crippen LogP contribution in [0.4, 0.5) is 4.79 Å². The SMILES string of the molecule is CCN(CC)C(=O)NCC(C)(C)CCN. The zero-order chi connectivity index (χ0) is 11.9. The Hall–Kier alpha value is -0.770. The molecule has 4 heteroatoms. The summed E-state index contributed by atoms with van der Waals surface area (Å²) in [6.45, 7) is 11.0. The zero-order valence-electron chi connectivity index (χ0n) is 10.5. The van der Waals surface area contributed by atoms with Gasteiger partial charge in [0.05, 0.1) is 0 Å². The topological polar surface area (TPSA) is 58.4 Å². The fourth-order valence-corrected chi connectivity index (χ4v) is 1.42. The number of carbonyl (C=O) groups is 1. The van der Waals surface area contributed by atoms with E-state index in [1.807, 2.05) is 13.8 Å². The van der Waals surface area contributed by atoms with Gasteiger partial charge in [0.15, 0.2) is 0 Å². The average Bonchev–Trinajstić information content (AvgIpc) is 2.17. The third-order valence-corrected chi connectivity index (χ3v) is 2.59. The van der Waals surface area contributed by atoms with Crippen molar-refractivity contribution in [2.45, 2.75) is 34.1 Å². The van der Waals surface area contributed by atoms with Crippen molar-refractivity contribution < 1.29 is 4.79 Å². The number of nitrogens with one attached hydrogen (secondary N) is 1. The Morgan fingerprint density at radius 2 is 1.87 bits per heavy atom. The lowest BCUT2D eigenvalue weighted by molar-refractivity contribution is 0.196. The molecule has 0 unspecified atom stereocenters. The fraction of sp³-hybridized carbons (Fsp3) is 0.909. The molecule has 0 saturated carbocycles. The monoisotopic (exact) mass is 215 g/mol. The largest absolute Gasteiger partial charge is 0.337 e. The van der Waals surface area contributed by atoms with Gasteiger partial charge in [0.1, 0.15) is 0 Å². The Balaban J connectivity index is 3.98. The molecule has 0 aromatic heterocycles. The number of hydrogen-bond acceptors (Lipinski definition) is 2. The van der Waals surface area contributed by atoms with E-state index in [2.05, 4.69) is 19.2 Å². The predicted molar refractivity (Wildman–Crippen MR) is 63.8 cm³/mol. The van der Waals surface area contributed by atoms with Crippen LogP contribution >= 0.6 is 0 Å². The highest BCUT2D eigenvalue weighted by atomic mass is 16.2. The molecule has 0 saturated heterocycles. The van der Waals surface area contributed by atoms with Crippen LogP contribution in [0.15, 0.2) is 0 Å². The summed E-state index contributed by atoms with van der Waals surface area (Å²) in [7, 11) is 0. The highest BCUT2D eigenvalue weighted by Crippen LogP contribution is 2.17. The van der Waals surface area contributed by atoms with Gasteiger partial charge in [-0.3, -0.25) is 0 Å². The summed E-state index contributed by atoms with van der Waals surface area (Å²) in [5.41, 5.74) is 5.59. The second-order valence-corrected chi connectivity index (χ2v) is 4.53. The van der Waals surface area contributed by atoms with E-state index in [0.29, 0.717) is 13.1 Å². The first kappa shape index (κ1) is 14.2. The molecule has 3 N–H and O–H groups in total. The number of hydrogen-bond donors (Lipinski definition) is 2. The molecule has 15 heavy (non-hydrogen) atoms. The molecule has 0 aliphatic rings. The molecule has 0 bridgehead atoms. The van der Waals surface area contributed by atoms with Gasteiger partial charge in [-0.15, -0.1) is 0 Å². The summed E-state index contributed by atoms with van der Waals surface area (Å²) in [5, 5.41) is 2.94.